The average molecular weight is 293 g/mol. The van der Waals surface area contributed by atoms with Crippen molar-refractivity contribution in [2.45, 2.75) is 18.2 Å². The molecule has 0 aromatic heterocycles. The zero-order valence-electron chi connectivity index (χ0n) is 9.64. The van der Waals surface area contributed by atoms with Crippen LogP contribution in [0.2, 0.25) is 5.02 Å². The minimum absolute atomic E-state index is 0.0374. The summed E-state index contributed by atoms with van der Waals surface area (Å²) in [7, 11) is -3.43. The van der Waals surface area contributed by atoms with Gasteiger partial charge in [0.15, 0.2) is 0 Å². The number of sulfonamides is 1. The normalized spacial score (nSPS) is 23.4. The molecule has 1 aromatic carbocycles. The topological polar surface area (TPSA) is 63.4 Å². The summed E-state index contributed by atoms with van der Waals surface area (Å²) in [6.45, 7) is 0.406. The predicted molar refractivity (Wildman–Crippen MR) is 68.2 cm³/mol. The van der Waals surface area contributed by atoms with Gasteiger partial charge in [-0.05, 0) is 18.6 Å². The molecule has 2 rings (SSSR count). The van der Waals surface area contributed by atoms with Gasteiger partial charge in [0.1, 0.15) is 5.82 Å². The molecule has 7 heteroatoms. The van der Waals surface area contributed by atoms with Gasteiger partial charge in [0.05, 0.1) is 5.25 Å². The molecule has 0 amide bonds. The van der Waals surface area contributed by atoms with Crippen molar-refractivity contribution in [3.05, 3.63) is 34.6 Å². The Balaban J connectivity index is 2.26. The van der Waals surface area contributed by atoms with E-state index in [4.69, 9.17) is 17.3 Å². The second-order valence-corrected chi connectivity index (χ2v) is 6.85. The number of hydrogen-bond acceptors (Lipinski definition) is 3. The molecule has 1 saturated heterocycles. The lowest BCUT2D eigenvalue weighted by Gasteiger charge is -2.17. The average Bonchev–Trinajstić information content (AvgIpc) is 2.59. The number of nitrogens with zero attached hydrogens (tertiary/aromatic N) is 1. The Morgan fingerprint density at radius 2 is 2.22 bits per heavy atom. The number of halogens is 2. The maximum absolute atomic E-state index is 13.6. The predicted octanol–water partition coefficient (Wildman–Crippen LogP) is 1.34. The van der Waals surface area contributed by atoms with Crippen molar-refractivity contribution in [1.82, 2.24) is 4.31 Å². The van der Waals surface area contributed by atoms with Crippen molar-refractivity contribution >= 4 is 21.6 Å². The molecule has 2 N–H and O–H groups in total. The van der Waals surface area contributed by atoms with Crippen LogP contribution in [0.5, 0.6) is 0 Å². The van der Waals surface area contributed by atoms with Crippen molar-refractivity contribution in [3.8, 4) is 0 Å². The highest BCUT2D eigenvalue weighted by atomic mass is 35.5. The van der Waals surface area contributed by atoms with Crippen molar-refractivity contribution in [2.75, 3.05) is 13.1 Å². The van der Waals surface area contributed by atoms with Crippen LogP contribution < -0.4 is 5.73 Å². The van der Waals surface area contributed by atoms with Gasteiger partial charge in [-0.2, -0.15) is 4.31 Å². The Morgan fingerprint density at radius 1 is 1.50 bits per heavy atom. The summed E-state index contributed by atoms with van der Waals surface area (Å²) in [6, 6.07) is 4.30. The van der Waals surface area contributed by atoms with Crippen molar-refractivity contribution < 1.29 is 12.8 Å². The third-order valence-corrected chi connectivity index (χ3v) is 5.80. The maximum atomic E-state index is 13.6. The lowest BCUT2D eigenvalue weighted by Crippen LogP contribution is -2.33. The fraction of sp³-hybridized carbons (Fsp3) is 0.455. The fourth-order valence-electron chi connectivity index (χ4n) is 2.04. The summed E-state index contributed by atoms with van der Waals surface area (Å²) in [6.07, 6.45) is 0.477. The second-order valence-electron chi connectivity index (χ2n) is 4.23. The molecule has 1 aliphatic heterocycles. The second kappa shape index (κ2) is 5.13. The number of benzene rings is 1. The van der Waals surface area contributed by atoms with E-state index in [9.17, 15) is 12.8 Å². The monoisotopic (exact) mass is 292 g/mol. The lowest BCUT2D eigenvalue weighted by atomic mass is 10.2. The van der Waals surface area contributed by atoms with Gasteiger partial charge in [0.25, 0.3) is 0 Å². The fourth-order valence-corrected chi connectivity index (χ4v) is 4.00. The lowest BCUT2D eigenvalue weighted by molar-refractivity contribution is 0.430. The van der Waals surface area contributed by atoms with Gasteiger partial charge in [0.2, 0.25) is 10.0 Å². The summed E-state index contributed by atoms with van der Waals surface area (Å²) >= 11 is 5.89. The van der Waals surface area contributed by atoms with Crippen LogP contribution in [0.15, 0.2) is 18.2 Å². The van der Waals surface area contributed by atoms with E-state index in [0.717, 1.165) is 0 Å². The standard InChI is InChI=1S/C11H14ClFN2O2S/c12-10-2-1-3-11(13)9(10)7-15-5-4-8(6-14)18(15,16)17/h1-3,8H,4-7,14H2/t8-/m0/s1. The third kappa shape index (κ3) is 2.38. The van der Waals surface area contributed by atoms with Gasteiger partial charge in [-0.3, -0.25) is 0 Å². The Kier molecular flexibility index (Phi) is 3.91. The molecule has 0 aliphatic carbocycles. The van der Waals surface area contributed by atoms with E-state index in [1.54, 1.807) is 6.07 Å². The van der Waals surface area contributed by atoms with Crippen LogP contribution >= 0.6 is 11.6 Å². The Bertz CT molecular complexity index is 530. The highest BCUT2D eigenvalue weighted by Gasteiger charge is 2.38. The molecule has 4 nitrogen and oxygen atoms in total. The van der Waals surface area contributed by atoms with E-state index >= 15 is 0 Å². The molecule has 0 spiro atoms. The molecule has 0 saturated carbocycles. The van der Waals surface area contributed by atoms with E-state index < -0.39 is 21.1 Å². The zero-order valence-corrected chi connectivity index (χ0v) is 11.2. The highest BCUT2D eigenvalue weighted by Crippen LogP contribution is 2.27. The summed E-state index contributed by atoms with van der Waals surface area (Å²) in [5.41, 5.74) is 5.63. The summed E-state index contributed by atoms with van der Waals surface area (Å²) < 4.78 is 38.9. The number of rotatable bonds is 3. The molecule has 0 radical (unpaired) electrons. The molecule has 1 heterocycles. The van der Waals surface area contributed by atoms with Crippen molar-refractivity contribution in [3.63, 3.8) is 0 Å². The Morgan fingerprint density at radius 3 is 2.78 bits per heavy atom. The van der Waals surface area contributed by atoms with Crippen LogP contribution in [0.25, 0.3) is 0 Å². The molecule has 0 unspecified atom stereocenters. The maximum Gasteiger partial charge on any atom is 0.218 e. The van der Waals surface area contributed by atoms with Crippen LogP contribution in [0, 0.1) is 5.82 Å². The first kappa shape index (κ1) is 13.7. The van der Waals surface area contributed by atoms with E-state index in [0.29, 0.717) is 13.0 Å². The first-order chi connectivity index (χ1) is 8.46. The van der Waals surface area contributed by atoms with E-state index in [1.807, 2.05) is 0 Å². The molecular formula is C11H14ClFN2O2S. The minimum Gasteiger partial charge on any atom is -0.329 e. The summed E-state index contributed by atoms with van der Waals surface area (Å²) in [4.78, 5) is 0. The van der Waals surface area contributed by atoms with E-state index in [1.165, 1.54) is 16.4 Å². The van der Waals surface area contributed by atoms with Crippen LogP contribution in [0.4, 0.5) is 4.39 Å². The third-order valence-electron chi connectivity index (χ3n) is 3.14. The van der Waals surface area contributed by atoms with E-state index in [2.05, 4.69) is 0 Å². The van der Waals surface area contributed by atoms with Crippen molar-refractivity contribution in [1.29, 1.82) is 0 Å². The molecule has 1 aromatic rings. The number of nitrogens with two attached hydrogens (primary N) is 1. The van der Waals surface area contributed by atoms with Gasteiger partial charge in [-0.25, -0.2) is 12.8 Å². The molecule has 18 heavy (non-hydrogen) atoms. The molecule has 100 valence electrons. The Hall–Kier alpha value is -0.690. The van der Waals surface area contributed by atoms with Crippen LogP contribution in [-0.4, -0.2) is 31.1 Å². The molecule has 0 bridgehead atoms. The molecule has 1 fully saturated rings. The van der Waals surface area contributed by atoms with Gasteiger partial charge in [0, 0.05) is 30.2 Å². The van der Waals surface area contributed by atoms with Crippen LogP contribution in [0.1, 0.15) is 12.0 Å². The highest BCUT2D eigenvalue weighted by molar-refractivity contribution is 7.90. The Labute approximate surface area is 111 Å². The van der Waals surface area contributed by atoms with Gasteiger partial charge >= 0.3 is 0 Å². The first-order valence-corrected chi connectivity index (χ1v) is 7.47. The SMILES string of the molecule is NC[C@@H]1CCN(Cc2c(F)cccc2Cl)S1(=O)=O. The summed E-state index contributed by atoms with van der Waals surface area (Å²) in [5.74, 6) is -0.492. The van der Waals surface area contributed by atoms with Crippen LogP contribution in [-0.2, 0) is 16.6 Å². The van der Waals surface area contributed by atoms with Crippen molar-refractivity contribution in [2.24, 2.45) is 5.73 Å². The number of hydrogen-bond donors (Lipinski definition) is 1. The zero-order chi connectivity index (χ0) is 13.3. The molecule has 1 aliphatic rings. The molecule has 1 atom stereocenters. The quantitative estimate of drug-likeness (QED) is 0.914. The van der Waals surface area contributed by atoms with E-state index in [-0.39, 0.29) is 23.7 Å². The summed E-state index contributed by atoms with van der Waals surface area (Å²) in [5, 5.41) is -0.329. The van der Waals surface area contributed by atoms with Crippen LogP contribution in [0.3, 0.4) is 0 Å². The van der Waals surface area contributed by atoms with Gasteiger partial charge < -0.3 is 5.73 Å². The largest absolute Gasteiger partial charge is 0.329 e. The minimum atomic E-state index is -3.43. The molecular weight excluding hydrogens is 279 g/mol. The first-order valence-electron chi connectivity index (χ1n) is 5.58. The van der Waals surface area contributed by atoms with Gasteiger partial charge in [-0.1, -0.05) is 17.7 Å². The smallest absolute Gasteiger partial charge is 0.218 e. The van der Waals surface area contributed by atoms with Gasteiger partial charge in [-0.15, -0.1) is 0 Å².